The third kappa shape index (κ3) is 4.06. The molecule has 0 heterocycles. The zero-order chi connectivity index (χ0) is 15.9. The molecule has 0 bridgehead atoms. The van der Waals surface area contributed by atoms with Crippen LogP contribution in [0.1, 0.15) is 22.3 Å². The van der Waals surface area contributed by atoms with E-state index in [4.69, 9.17) is 0 Å². The number of benzene rings is 2. The number of rotatable bonds is 2. The molecule has 1 unspecified atom stereocenters. The van der Waals surface area contributed by atoms with E-state index in [1.165, 1.54) is 39.0 Å². The van der Waals surface area contributed by atoms with Crippen molar-refractivity contribution in [2.45, 2.75) is 6.42 Å². The molecule has 0 aromatic heterocycles. The molecule has 3 heteroatoms. The Balaban J connectivity index is 0.000000871. The first-order valence-electron chi connectivity index (χ1n) is 8.55. The summed E-state index contributed by atoms with van der Waals surface area (Å²) in [6.07, 6.45) is 16.9. The van der Waals surface area contributed by atoms with Gasteiger partial charge in [0.25, 0.3) is 0 Å². The molecule has 134 valence electrons. The smallest absolute Gasteiger partial charge is 0.0211 e. The standard InChI is InChI=1S/C24H18.2ClH.Hf/c1-2-8-18-14-21(13-17(18)7-1)23-11-5-6-12-24(23)22-15-19-9-3-4-10-20(19)16-22;;;/h1-15,17H,16H2;2*1H;/p-2. The molecule has 0 spiro atoms. The summed E-state index contributed by atoms with van der Waals surface area (Å²) < 4.78 is 0. The van der Waals surface area contributed by atoms with Crippen molar-refractivity contribution in [2.24, 2.45) is 5.92 Å². The summed E-state index contributed by atoms with van der Waals surface area (Å²) in [5.74, 6) is 0.438. The molecule has 2 aromatic rings. The molecule has 0 amide bonds. The number of fused-ring (bicyclic) bond motifs is 2. The number of hydrogen-bond donors (Lipinski definition) is 0. The first-order chi connectivity index (χ1) is 11.9. The molecule has 0 aliphatic heterocycles. The molecule has 0 N–H and O–H groups in total. The quantitative estimate of drug-likeness (QED) is 0.453. The monoisotopic (exact) mass is 556 g/mol. The normalized spacial score (nSPS) is 18.1. The van der Waals surface area contributed by atoms with Crippen LogP contribution in [0.25, 0.3) is 17.2 Å². The van der Waals surface area contributed by atoms with Crippen LogP contribution in [0.5, 0.6) is 0 Å². The van der Waals surface area contributed by atoms with Crippen molar-refractivity contribution in [3.63, 3.8) is 0 Å². The van der Waals surface area contributed by atoms with Gasteiger partial charge in [-0.3, -0.25) is 0 Å². The fraction of sp³-hybridized carbons (Fsp3) is 0.0833. The summed E-state index contributed by atoms with van der Waals surface area (Å²) >= 11 is 0. The Morgan fingerprint density at radius 2 is 1.52 bits per heavy atom. The van der Waals surface area contributed by atoms with Gasteiger partial charge in [0.15, 0.2) is 0 Å². The Kier molecular flexibility index (Phi) is 7.45. The van der Waals surface area contributed by atoms with Gasteiger partial charge in [0, 0.05) is 31.8 Å². The molecule has 3 aliphatic carbocycles. The second-order valence-corrected chi connectivity index (χ2v) is 6.63. The molecule has 0 radical (unpaired) electrons. The van der Waals surface area contributed by atoms with Crippen LogP contribution in [0.4, 0.5) is 0 Å². The molecule has 1 atom stereocenters. The van der Waals surface area contributed by atoms with E-state index in [1.54, 1.807) is 0 Å². The van der Waals surface area contributed by atoms with Gasteiger partial charge in [0.1, 0.15) is 0 Å². The molecular weight excluding hydrogens is 538 g/mol. The summed E-state index contributed by atoms with van der Waals surface area (Å²) in [5.41, 5.74) is 9.67. The molecular formula is C24H18Cl2Hf-2. The summed E-state index contributed by atoms with van der Waals surface area (Å²) in [6, 6.07) is 17.5. The van der Waals surface area contributed by atoms with Crippen molar-refractivity contribution >= 4 is 17.2 Å². The van der Waals surface area contributed by atoms with Gasteiger partial charge in [-0.05, 0) is 45.4 Å². The third-order valence-electron chi connectivity index (χ3n) is 5.13. The SMILES string of the molecule is C1=CC2=CC(c3ccccc3C3=Cc4ccccc4C3)=CC2C=C1.[Cl-].[Cl-].[Hf]. The topological polar surface area (TPSA) is 0 Å². The predicted molar refractivity (Wildman–Crippen MR) is 102 cm³/mol. The van der Waals surface area contributed by atoms with Crippen molar-refractivity contribution < 1.29 is 50.7 Å². The van der Waals surface area contributed by atoms with E-state index in [9.17, 15) is 0 Å². The molecule has 27 heavy (non-hydrogen) atoms. The van der Waals surface area contributed by atoms with Crippen molar-refractivity contribution in [1.82, 2.24) is 0 Å². The van der Waals surface area contributed by atoms with Gasteiger partial charge in [-0.2, -0.15) is 0 Å². The van der Waals surface area contributed by atoms with E-state index < -0.39 is 0 Å². The Bertz CT molecular complexity index is 993. The van der Waals surface area contributed by atoms with Crippen LogP contribution in [0.2, 0.25) is 0 Å². The summed E-state index contributed by atoms with van der Waals surface area (Å²) in [5, 5.41) is 0. The number of allylic oxidation sites excluding steroid dienone is 9. The third-order valence-corrected chi connectivity index (χ3v) is 5.13. The van der Waals surface area contributed by atoms with Crippen molar-refractivity contribution in [2.75, 3.05) is 0 Å². The average molecular weight is 556 g/mol. The molecule has 3 aliphatic rings. The Morgan fingerprint density at radius 1 is 0.778 bits per heavy atom. The van der Waals surface area contributed by atoms with Gasteiger partial charge in [-0.1, -0.05) is 91.1 Å². The summed E-state index contributed by atoms with van der Waals surface area (Å²) in [4.78, 5) is 0. The Hall–Kier alpha value is -1.41. The summed E-state index contributed by atoms with van der Waals surface area (Å²) in [6.45, 7) is 0. The Labute approximate surface area is 192 Å². The van der Waals surface area contributed by atoms with Gasteiger partial charge < -0.3 is 24.8 Å². The Morgan fingerprint density at radius 3 is 2.30 bits per heavy atom. The second-order valence-electron chi connectivity index (χ2n) is 6.63. The van der Waals surface area contributed by atoms with Crippen LogP contribution in [0.3, 0.4) is 0 Å². The minimum absolute atomic E-state index is 0. The van der Waals surface area contributed by atoms with E-state index in [0.717, 1.165) is 6.42 Å². The fourth-order valence-electron chi connectivity index (χ4n) is 3.93. The van der Waals surface area contributed by atoms with E-state index >= 15 is 0 Å². The molecule has 0 saturated heterocycles. The molecule has 2 aromatic carbocycles. The van der Waals surface area contributed by atoms with E-state index in [1.807, 2.05) is 0 Å². The van der Waals surface area contributed by atoms with Crippen molar-refractivity contribution in [3.8, 4) is 0 Å². The maximum absolute atomic E-state index is 2.39. The molecule has 0 fully saturated rings. The first kappa shape index (κ1) is 21.9. The second kappa shape index (κ2) is 9.19. The van der Waals surface area contributed by atoms with Gasteiger partial charge in [0.2, 0.25) is 0 Å². The number of hydrogen-bond acceptors (Lipinski definition) is 0. The van der Waals surface area contributed by atoms with Gasteiger partial charge >= 0.3 is 0 Å². The maximum atomic E-state index is 2.39. The molecule has 5 rings (SSSR count). The summed E-state index contributed by atoms with van der Waals surface area (Å²) in [7, 11) is 0. The maximum Gasteiger partial charge on any atom is 0.0211 e. The van der Waals surface area contributed by atoms with Crippen molar-refractivity contribution in [3.05, 3.63) is 113 Å². The average Bonchev–Trinajstić information content (AvgIpc) is 3.25. The van der Waals surface area contributed by atoms with Crippen LogP contribution >= 0.6 is 0 Å². The molecule has 0 nitrogen and oxygen atoms in total. The van der Waals surface area contributed by atoms with Crippen molar-refractivity contribution in [1.29, 1.82) is 0 Å². The minimum atomic E-state index is 0. The predicted octanol–water partition coefficient (Wildman–Crippen LogP) is -0.146. The largest absolute Gasteiger partial charge is 1.00 e. The zero-order valence-electron chi connectivity index (χ0n) is 14.7. The van der Waals surface area contributed by atoms with Crippen LogP contribution in [0.15, 0.2) is 90.6 Å². The fourth-order valence-corrected chi connectivity index (χ4v) is 3.93. The number of halogens is 2. The van der Waals surface area contributed by atoms with Gasteiger partial charge in [-0.25, -0.2) is 0 Å². The van der Waals surface area contributed by atoms with Crippen LogP contribution in [-0.4, -0.2) is 0 Å². The minimum Gasteiger partial charge on any atom is -1.00 e. The zero-order valence-corrected chi connectivity index (χ0v) is 19.8. The van der Waals surface area contributed by atoms with Gasteiger partial charge in [0.05, 0.1) is 0 Å². The van der Waals surface area contributed by atoms with E-state index in [2.05, 4.69) is 91.1 Å². The van der Waals surface area contributed by atoms with Crippen LogP contribution in [0, 0.1) is 5.92 Å². The molecule has 0 saturated carbocycles. The van der Waals surface area contributed by atoms with E-state index in [-0.39, 0.29) is 50.7 Å². The van der Waals surface area contributed by atoms with Gasteiger partial charge in [-0.15, -0.1) is 0 Å². The first-order valence-corrected chi connectivity index (χ1v) is 8.55. The van der Waals surface area contributed by atoms with Crippen LogP contribution < -0.4 is 24.8 Å². The van der Waals surface area contributed by atoms with E-state index in [0.29, 0.717) is 5.92 Å². The van der Waals surface area contributed by atoms with Crippen LogP contribution in [-0.2, 0) is 32.3 Å².